The molecule has 1 heterocycles. The van der Waals surface area contributed by atoms with E-state index in [1.165, 1.54) is 0 Å². The number of allylic oxidation sites excluding steroid dienone is 1. The van der Waals surface area contributed by atoms with E-state index in [1.807, 2.05) is 0 Å². The van der Waals surface area contributed by atoms with Crippen LogP contribution in [0.3, 0.4) is 0 Å². The molecule has 0 amide bonds. The fraction of sp³-hybridized carbons (Fsp3) is 0.267. The maximum Gasteiger partial charge on any atom is 0.534 e. The fourth-order valence-corrected chi connectivity index (χ4v) is 3.49. The minimum Gasteiger partial charge on any atom is -0.456 e. The van der Waals surface area contributed by atoms with Crippen LogP contribution >= 0.6 is 0 Å². The van der Waals surface area contributed by atoms with E-state index in [2.05, 4.69) is 8.37 Å². The highest BCUT2D eigenvalue weighted by Gasteiger charge is 2.49. The Bertz CT molecular complexity index is 1350. The van der Waals surface area contributed by atoms with Crippen molar-refractivity contribution in [2.24, 2.45) is 0 Å². The molecule has 8 nitrogen and oxygen atoms in total. The third kappa shape index (κ3) is 4.34. The Hall–Kier alpha value is -2.75. The first-order valence-corrected chi connectivity index (χ1v) is 10.7. The van der Waals surface area contributed by atoms with Crippen LogP contribution in [0.5, 0.6) is 5.75 Å². The summed E-state index contributed by atoms with van der Waals surface area (Å²) in [6.07, 6.45) is 0.0695. The molecule has 0 unspecified atom stereocenters. The molecule has 0 saturated carbocycles. The van der Waals surface area contributed by atoms with Gasteiger partial charge in [0.25, 0.3) is 0 Å². The average molecular weight is 494 g/mol. The first-order chi connectivity index (χ1) is 14.0. The molecule has 1 aliphatic rings. The Morgan fingerprint density at radius 1 is 0.871 bits per heavy atom. The number of hydrogen-bond acceptors (Lipinski definition) is 8. The van der Waals surface area contributed by atoms with Crippen molar-refractivity contribution in [2.45, 2.75) is 23.9 Å². The van der Waals surface area contributed by atoms with Crippen LogP contribution in [0.1, 0.15) is 17.7 Å². The van der Waals surface area contributed by atoms with Gasteiger partial charge in [0.05, 0.1) is 5.39 Å². The first-order valence-electron chi connectivity index (χ1n) is 7.84. The summed E-state index contributed by atoms with van der Waals surface area (Å²) < 4.78 is 132. The lowest BCUT2D eigenvalue weighted by molar-refractivity contribution is -0.0523. The molecule has 3 rings (SSSR count). The predicted molar refractivity (Wildman–Crippen MR) is 90.4 cm³/mol. The summed E-state index contributed by atoms with van der Waals surface area (Å²) in [6, 6.07) is 2.36. The van der Waals surface area contributed by atoms with Crippen LogP contribution in [0.25, 0.3) is 17.0 Å². The second-order valence-corrected chi connectivity index (χ2v) is 9.08. The van der Waals surface area contributed by atoms with Crippen LogP contribution in [-0.2, 0) is 30.8 Å². The zero-order valence-electron chi connectivity index (χ0n) is 14.6. The minimum atomic E-state index is -6.01. The molecule has 170 valence electrons. The van der Waals surface area contributed by atoms with Crippen molar-refractivity contribution < 1.29 is 56.0 Å². The number of alkyl halides is 6. The van der Waals surface area contributed by atoms with Gasteiger partial charge in [-0.3, -0.25) is 4.79 Å². The number of hydrogen-bond donors (Lipinski definition) is 0. The van der Waals surface area contributed by atoms with Crippen molar-refractivity contribution in [2.75, 3.05) is 0 Å². The number of fused-ring (bicyclic) bond motifs is 2. The van der Waals surface area contributed by atoms with Crippen LogP contribution in [0.4, 0.5) is 26.3 Å². The highest BCUT2D eigenvalue weighted by molar-refractivity contribution is 7.88. The summed E-state index contributed by atoms with van der Waals surface area (Å²) >= 11 is 0. The van der Waals surface area contributed by atoms with Gasteiger partial charge in [-0.05, 0) is 18.6 Å². The summed E-state index contributed by atoms with van der Waals surface area (Å²) in [7, 11) is -12.0. The average Bonchev–Trinajstić information content (AvgIpc) is 2.59. The molecule has 1 aromatic carbocycles. The standard InChI is InChI=1S/C15H8F6O8S2/c16-14(17,18)30(23,24)28-7-1-3-9-11(5-7)27-12-6-8(2-4-10(12)13(9)22)29-31(25,26)15(19,20)21/h1,3,5-6H,2,4H2. The number of benzene rings is 1. The van der Waals surface area contributed by atoms with E-state index < -0.39 is 59.5 Å². The Labute approximate surface area is 168 Å². The lowest BCUT2D eigenvalue weighted by Gasteiger charge is -2.17. The molecule has 31 heavy (non-hydrogen) atoms. The Morgan fingerprint density at radius 3 is 2.03 bits per heavy atom. The molecular formula is C15H8F6O8S2. The molecule has 0 fully saturated rings. The van der Waals surface area contributed by atoms with Gasteiger partial charge >= 0.3 is 31.3 Å². The van der Waals surface area contributed by atoms with E-state index in [9.17, 15) is 48.0 Å². The van der Waals surface area contributed by atoms with Crippen LogP contribution in [-0.4, -0.2) is 27.9 Å². The maximum atomic E-state index is 12.5. The van der Waals surface area contributed by atoms with E-state index in [4.69, 9.17) is 4.42 Å². The lowest BCUT2D eigenvalue weighted by atomic mass is 10.00. The van der Waals surface area contributed by atoms with Gasteiger partial charge in [-0.1, -0.05) is 0 Å². The van der Waals surface area contributed by atoms with Gasteiger partial charge in [-0.15, -0.1) is 0 Å². The predicted octanol–water partition coefficient (Wildman–Crippen LogP) is 3.17. The SMILES string of the molecule is O=c1c2c(oc3cc(OS(=O)(=O)C(F)(F)F)ccc13)C=C(OS(=O)(=O)C(F)(F)F)CC2. The van der Waals surface area contributed by atoms with Gasteiger partial charge < -0.3 is 12.8 Å². The molecule has 0 radical (unpaired) electrons. The van der Waals surface area contributed by atoms with Crippen LogP contribution in [0, 0.1) is 0 Å². The van der Waals surface area contributed by atoms with Crippen LogP contribution in [0.2, 0.25) is 0 Å². The van der Waals surface area contributed by atoms with Crippen molar-refractivity contribution >= 4 is 37.3 Å². The third-order valence-corrected chi connectivity index (χ3v) is 5.87. The molecular weight excluding hydrogens is 486 g/mol. The summed E-state index contributed by atoms with van der Waals surface area (Å²) in [6.45, 7) is 0. The summed E-state index contributed by atoms with van der Waals surface area (Å²) in [4.78, 5) is 12.5. The molecule has 16 heteroatoms. The zero-order valence-corrected chi connectivity index (χ0v) is 16.2. The van der Waals surface area contributed by atoms with Gasteiger partial charge in [-0.2, -0.15) is 43.2 Å². The molecule has 0 atom stereocenters. The van der Waals surface area contributed by atoms with E-state index in [-0.39, 0.29) is 23.8 Å². The maximum absolute atomic E-state index is 12.5. The fourth-order valence-electron chi connectivity index (χ4n) is 2.53. The molecule has 0 bridgehead atoms. The molecule has 0 N–H and O–H groups in total. The molecule has 1 aliphatic carbocycles. The second-order valence-electron chi connectivity index (χ2n) is 6.01. The molecule has 0 aliphatic heterocycles. The molecule has 1 aromatic heterocycles. The van der Waals surface area contributed by atoms with Crippen molar-refractivity contribution in [3.63, 3.8) is 0 Å². The van der Waals surface area contributed by atoms with Gasteiger partial charge in [0.2, 0.25) is 0 Å². The third-order valence-electron chi connectivity index (χ3n) is 3.89. The monoisotopic (exact) mass is 494 g/mol. The quantitative estimate of drug-likeness (QED) is 0.362. The van der Waals surface area contributed by atoms with Crippen molar-refractivity contribution in [1.82, 2.24) is 0 Å². The normalized spacial score (nSPS) is 15.4. The second kappa shape index (κ2) is 7.15. The highest BCUT2D eigenvalue weighted by atomic mass is 32.2. The largest absolute Gasteiger partial charge is 0.534 e. The van der Waals surface area contributed by atoms with E-state index >= 15 is 0 Å². The smallest absolute Gasteiger partial charge is 0.456 e. The van der Waals surface area contributed by atoms with Gasteiger partial charge in [0, 0.05) is 24.1 Å². The summed E-state index contributed by atoms with van der Waals surface area (Å²) in [5.74, 6) is -1.96. The topological polar surface area (TPSA) is 117 Å². The van der Waals surface area contributed by atoms with E-state index in [0.29, 0.717) is 12.1 Å². The van der Waals surface area contributed by atoms with E-state index in [1.54, 1.807) is 0 Å². The highest BCUT2D eigenvalue weighted by Crippen LogP contribution is 2.33. The summed E-state index contributed by atoms with van der Waals surface area (Å²) in [5.41, 5.74) is -12.7. The summed E-state index contributed by atoms with van der Waals surface area (Å²) in [5, 5.41) is -0.184. The molecule has 0 saturated heterocycles. The zero-order chi connectivity index (χ0) is 23.4. The first kappa shape index (κ1) is 22.9. The molecule has 2 aromatic rings. The Morgan fingerprint density at radius 2 is 1.45 bits per heavy atom. The van der Waals surface area contributed by atoms with Crippen molar-refractivity contribution in [3.05, 3.63) is 45.5 Å². The van der Waals surface area contributed by atoms with Crippen molar-refractivity contribution in [1.29, 1.82) is 0 Å². The number of rotatable bonds is 4. The lowest BCUT2D eigenvalue weighted by Crippen LogP contribution is -2.28. The van der Waals surface area contributed by atoms with Gasteiger partial charge in [0.15, 0.2) is 5.43 Å². The van der Waals surface area contributed by atoms with Gasteiger partial charge in [-0.25, -0.2) is 0 Å². The van der Waals surface area contributed by atoms with E-state index in [0.717, 1.165) is 12.1 Å². The molecule has 0 spiro atoms. The van der Waals surface area contributed by atoms with Crippen LogP contribution < -0.4 is 9.61 Å². The van der Waals surface area contributed by atoms with Gasteiger partial charge in [0.1, 0.15) is 22.9 Å². The minimum absolute atomic E-state index is 0.0548. The number of halogens is 6. The van der Waals surface area contributed by atoms with Crippen molar-refractivity contribution in [3.8, 4) is 5.75 Å². The Kier molecular flexibility index (Phi) is 5.29. The van der Waals surface area contributed by atoms with Crippen LogP contribution in [0.15, 0.2) is 33.2 Å². The Balaban J connectivity index is 2.05.